The van der Waals surface area contributed by atoms with E-state index in [0.717, 1.165) is 26.2 Å². The maximum Gasteiger partial charge on any atom is 0.0245 e. The van der Waals surface area contributed by atoms with E-state index in [9.17, 15) is 0 Å². The van der Waals surface area contributed by atoms with E-state index < -0.39 is 0 Å². The number of benzene rings is 1. The zero-order valence-electron chi connectivity index (χ0n) is 11.1. The van der Waals surface area contributed by atoms with E-state index in [1.807, 2.05) is 11.3 Å². The molecule has 0 spiro atoms. The number of nitrogens with one attached hydrogen (secondary N) is 1. The molecule has 100 valence electrons. The maximum absolute atomic E-state index is 3.53. The molecular formula is C16H20N2S. The summed E-state index contributed by atoms with van der Waals surface area (Å²) in [4.78, 5) is 4.14. The zero-order valence-corrected chi connectivity index (χ0v) is 12.0. The highest BCUT2D eigenvalue weighted by molar-refractivity contribution is 7.10. The van der Waals surface area contributed by atoms with E-state index in [1.165, 1.54) is 18.5 Å². The van der Waals surface area contributed by atoms with Crippen LogP contribution in [0, 0.1) is 0 Å². The van der Waals surface area contributed by atoms with Crippen LogP contribution in [0.3, 0.4) is 0 Å². The molecule has 1 N–H and O–H groups in total. The van der Waals surface area contributed by atoms with Gasteiger partial charge < -0.3 is 5.32 Å². The topological polar surface area (TPSA) is 15.3 Å². The Morgan fingerprint density at radius 2 is 2.05 bits per heavy atom. The summed E-state index contributed by atoms with van der Waals surface area (Å²) in [5.41, 5.74) is 2.90. The number of rotatable bonds is 5. The summed E-state index contributed by atoms with van der Waals surface area (Å²) in [6.07, 6.45) is 1.23. The third kappa shape index (κ3) is 3.44. The van der Waals surface area contributed by atoms with E-state index in [2.05, 4.69) is 52.0 Å². The van der Waals surface area contributed by atoms with Gasteiger partial charge in [0.15, 0.2) is 0 Å². The molecule has 3 heteroatoms. The Morgan fingerprint density at radius 3 is 2.95 bits per heavy atom. The van der Waals surface area contributed by atoms with Crippen molar-refractivity contribution in [2.45, 2.75) is 19.5 Å². The minimum absolute atomic E-state index is 0.971. The lowest BCUT2D eigenvalue weighted by Crippen LogP contribution is -2.35. The Kier molecular flexibility index (Phi) is 4.28. The molecule has 1 aliphatic heterocycles. The molecule has 0 amide bonds. The smallest absolute Gasteiger partial charge is 0.0245 e. The Hall–Kier alpha value is -1.16. The van der Waals surface area contributed by atoms with Crippen molar-refractivity contribution in [2.24, 2.45) is 0 Å². The van der Waals surface area contributed by atoms with Crippen LogP contribution in [0.5, 0.6) is 0 Å². The van der Waals surface area contributed by atoms with Crippen LogP contribution in [0.2, 0.25) is 0 Å². The lowest BCUT2D eigenvalue weighted by Gasteiger charge is -2.26. The predicted octanol–water partition coefficient (Wildman–Crippen LogP) is 2.90. The summed E-state index contributed by atoms with van der Waals surface area (Å²) in [5, 5.41) is 5.75. The monoisotopic (exact) mass is 272 g/mol. The molecule has 2 aromatic rings. The molecule has 0 atom stereocenters. The van der Waals surface area contributed by atoms with Gasteiger partial charge in [-0.25, -0.2) is 0 Å². The molecule has 1 aliphatic rings. The van der Waals surface area contributed by atoms with Crippen LogP contribution < -0.4 is 5.32 Å². The van der Waals surface area contributed by atoms with Crippen LogP contribution >= 0.6 is 11.3 Å². The first-order chi connectivity index (χ1) is 9.42. The third-order valence-electron chi connectivity index (χ3n) is 3.66. The van der Waals surface area contributed by atoms with Gasteiger partial charge in [0.05, 0.1) is 0 Å². The predicted molar refractivity (Wildman–Crippen MR) is 81.4 cm³/mol. The van der Waals surface area contributed by atoms with E-state index in [4.69, 9.17) is 0 Å². The molecule has 0 saturated carbocycles. The van der Waals surface area contributed by atoms with Crippen molar-refractivity contribution in [1.29, 1.82) is 0 Å². The van der Waals surface area contributed by atoms with Crippen molar-refractivity contribution in [3.8, 4) is 0 Å². The Morgan fingerprint density at radius 1 is 1.16 bits per heavy atom. The Bertz CT molecular complexity index is 506. The number of hydrogen-bond acceptors (Lipinski definition) is 3. The first kappa shape index (κ1) is 12.9. The normalized spacial score (nSPS) is 15.4. The largest absolute Gasteiger partial charge is 0.311 e. The minimum atomic E-state index is 0.971. The number of hydrogen-bond donors (Lipinski definition) is 1. The zero-order chi connectivity index (χ0) is 12.9. The molecule has 0 saturated heterocycles. The highest BCUT2D eigenvalue weighted by atomic mass is 32.1. The van der Waals surface area contributed by atoms with Crippen LogP contribution in [0.4, 0.5) is 0 Å². The average molecular weight is 272 g/mol. The SMILES string of the molecule is c1ccc(CNCCN2CCc3sccc3C2)cc1. The molecule has 0 unspecified atom stereocenters. The van der Waals surface area contributed by atoms with Crippen molar-refractivity contribution >= 4 is 11.3 Å². The van der Waals surface area contributed by atoms with Crippen LogP contribution in [-0.4, -0.2) is 24.5 Å². The lowest BCUT2D eigenvalue weighted by molar-refractivity contribution is 0.255. The van der Waals surface area contributed by atoms with Crippen molar-refractivity contribution < 1.29 is 0 Å². The lowest BCUT2D eigenvalue weighted by atomic mass is 10.1. The summed E-state index contributed by atoms with van der Waals surface area (Å²) in [7, 11) is 0. The van der Waals surface area contributed by atoms with Gasteiger partial charge in [-0.1, -0.05) is 30.3 Å². The summed E-state index contributed by atoms with van der Waals surface area (Å²) in [6, 6.07) is 12.9. The fraction of sp³-hybridized carbons (Fsp3) is 0.375. The summed E-state index contributed by atoms with van der Waals surface area (Å²) in [5.74, 6) is 0. The van der Waals surface area contributed by atoms with Crippen molar-refractivity contribution in [2.75, 3.05) is 19.6 Å². The molecule has 2 heterocycles. The van der Waals surface area contributed by atoms with Crippen LogP contribution in [0.1, 0.15) is 16.0 Å². The number of nitrogens with zero attached hydrogens (tertiary/aromatic N) is 1. The molecule has 0 radical (unpaired) electrons. The molecule has 1 aromatic carbocycles. The van der Waals surface area contributed by atoms with E-state index in [0.29, 0.717) is 0 Å². The van der Waals surface area contributed by atoms with Gasteiger partial charge in [-0.2, -0.15) is 0 Å². The number of fused-ring (bicyclic) bond motifs is 1. The van der Waals surface area contributed by atoms with Crippen molar-refractivity contribution in [3.63, 3.8) is 0 Å². The van der Waals surface area contributed by atoms with Gasteiger partial charge in [-0.3, -0.25) is 4.90 Å². The van der Waals surface area contributed by atoms with Gasteiger partial charge in [-0.05, 0) is 29.0 Å². The second-order valence-electron chi connectivity index (χ2n) is 5.06. The molecule has 3 rings (SSSR count). The minimum Gasteiger partial charge on any atom is -0.311 e. The van der Waals surface area contributed by atoms with Gasteiger partial charge in [0.1, 0.15) is 0 Å². The highest BCUT2D eigenvalue weighted by Crippen LogP contribution is 2.23. The van der Waals surface area contributed by atoms with Gasteiger partial charge in [0, 0.05) is 37.6 Å². The van der Waals surface area contributed by atoms with E-state index >= 15 is 0 Å². The Balaban J connectivity index is 1.40. The van der Waals surface area contributed by atoms with Gasteiger partial charge in [0.25, 0.3) is 0 Å². The molecule has 0 aliphatic carbocycles. The molecule has 0 bridgehead atoms. The van der Waals surface area contributed by atoms with Crippen LogP contribution in [0.25, 0.3) is 0 Å². The first-order valence-corrected chi connectivity index (χ1v) is 7.82. The van der Waals surface area contributed by atoms with E-state index in [-0.39, 0.29) is 0 Å². The number of thiophene rings is 1. The average Bonchev–Trinajstić information content (AvgIpc) is 2.92. The molecule has 19 heavy (non-hydrogen) atoms. The third-order valence-corrected chi connectivity index (χ3v) is 4.69. The van der Waals surface area contributed by atoms with E-state index in [1.54, 1.807) is 10.4 Å². The Labute approximate surface area is 119 Å². The molecular weight excluding hydrogens is 252 g/mol. The summed E-state index contributed by atoms with van der Waals surface area (Å²) in [6.45, 7) is 5.52. The van der Waals surface area contributed by atoms with Crippen LogP contribution in [-0.2, 0) is 19.5 Å². The molecule has 0 fully saturated rings. The summed E-state index contributed by atoms with van der Waals surface area (Å²) >= 11 is 1.91. The van der Waals surface area contributed by atoms with Gasteiger partial charge in [-0.15, -0.1) is 11.3 Å². The second-order valence-corrected chi connectivity index (χ2v) is 6.06. The molecule has 1 aromatic heterocycles. The second kappa shape index (κ2) is 6.33. The fourth-order valence-electron chi connectivity index (χ4n) is 2.56. The highest BCUT2D eigenvalue weighted by Gasteiger charge is 2.16. The fourth-order valence-corrected chi connectivity index (χ4v) is 3.45. The van der Waals surface area contributed by atoms with Crippen LogP contribution in [0.15, 0.2) is 41.8 Å². The molecule has 2 nitrogen and oxygen atoms in total. The van der Waals surface area contributed by atoms with Crippen molar-refractivity contribution in [3.05, 3.63) is 57.8 Å². The quantitative estimate of drug-likeness (QED) is 0.842. The first-order valence-electron chi connectivity index (χ1n) is 6.94. The summed E-state index contributed by atoms with van der Waals surface area (Å²) < 4.78 is 0. The van der Waals surface area contributed by atoms with Gasteiger partial charge >= 0.3 is 0 Å². The maximum atomic E-state index is 3.53. The standard InChI is InChI=1S/C16H20N2S/c1-2-4-14(5-3-1)12-17-8-10-18-9-6-16-15(13-18)7-11-19-16/h1-5,7,11,17H,6,8-10,12-13H2. The van der Waals surface area contributed by atoms with Gasteiger partial charge in [0.2, 0.25) is 0 Å². The van der Waals surface area contributed by atoms with Crippen molar-refractivity contribution in [1.82, 2.24) is 10.2 Å².